The average molecular weight is 266 g/mol. The van der Waals surface area contributed by atoms with Crippen molar-refractivity contribution in [2.24, 2.45) is 5.73 Å². The van der Waals surface area contributed by atoms with Crippen LogP contribution >= 0.6 is 12.4 Å². The quantitative estimate of drug-likeness (QED) is 0.651. The van der Waals surface area contributed by atoms with Gasteiger partial charge in [0, 0.05) is 18.2 Å². The summed E-state index contributed by atoms with van der Waals surface area (Å²) in [6, 6.07) is 1.01. The zero-order chi connectivity index (χ0) is 12.3. The topological polar surface area (TPSA) is 104 Å². The van der Waals surface area contributed by atoms with Crippen LogP contribution in [0.3, 0.4) is 0 Å². The Morgan fingerprint density at radius 2 is 2.06 bits per heavy atom. The molecule has 0 saturated heterocycles. The van der Waals surface area contributed by atoms with Crippen LogP contribution in [0.5, 0.6) is 5.75 Å². The summed E-state index contributed by atoms with van der Waals surface area (Å²) in [5.41, 5.74) is 5.25. The third-order valence-corrected chi connectivity index (χ3v) is 2.18. The van der Waals surface area contributed by atoms with Crippen LogP contribution in [0.1, 0.15) is 28.4 Å². The summed E-state index contributed by atoms with van der Waals surface area (Å²) < 4.78 is 13.2. The van der Waals surface area contributed by atoms with Crippen molar-refractivity contribution in [2.45, 2.75) is 12.5 Å². The number of benzene rings is 1. The molecule has 5 N–H and O–H groups in total. The molecule has 1 aromatic carbocycles. The maximum atomic E-state index is 13.2. The smallest absolute Gasteiger partial charge is 0.335 e. The lowest BCUT2D eigenvalue weighted by molar-refractivity contribution is 0.0696. The van der Waals surface area contributed by atoms with Gasteiger partial charge in [-0.3, -0.25) is 0 Å². The highest BCUT2D eigenvalue weighted by atomic mass is 35.5. The molecule has 0 aliphatic carbocycles. The summed E-state index contributed by atoms with van der Waals surface area (Å²) in [5.74, 6) is -3.02. The van der Waals surface area contributed by atoms with Gasteiger partial charge < -0.3 is 21.1 Å². The first-order valence-corrected chi connectivity index (χ1v) is 4.59. The Kier molecular flexibility index (Phi) is 5.87. The van der Waals surface area contributed by atoms with Gasteiger partial charge in [-0.25, -0.2) is 9.18 Å². The van der Waals surface area contributed by atoms with Crippen LogP contribution in [0.4, 0.5) is 4.39 Å². The van der Waals surface area contributed by atoms with E-state index in [2.05, 4.69) is 0 Å². The number of aromatic carboxylic acids is 1. The molecule has 1 atom stereocenters. The Hall–Kier alpha value is -1.37. The van der Waals surface area contributed by atoms with Crippen LogP contribution in [0.2, 0.25) is 0 Å². The first-order chi connectivity index (χ1) is 7.47. The Labute approximate surface area is 103 Å². The van der Waals surface area contributed by atoms with E-state index in [4.69, 9.17) is 15.9 Å². The molecular weight excluding hydrogens is 253 g/mol. The third kappa shape index (κ3) is 3.55. The number of carboxylic acid groups (broad SMARTS) is 1. The van der Waals surface area contributed by atoms with Crippen LogP contribution in [0.15, 0.2) is 12.1 Å². The van der Waals surface area contributed by atoms with Crippen LogP contribution in [0.25, 0.3) is 0 Å². The zero-order valence-electron chi connectivity index (χ0n) is 8.76. The fourth-order valence-electron chi connectivity index (χ4n) is 1.32. The second-order valence-electron chi connectivity index (χ2n) is 3.32. The number of carbonyl (C=O) groups is 1. The van der Waals surface area contributed by atoms with Gasteiger partial charge >= 0.3 is 5.97 Å². The first kappa shape index (κ1) is 15.6. The maximum absolute atomic E-state index is 13.2. The van der Waals surface area contributed by atoms with E-state index >= 15 is 0 Å². The van der Waals surface area contributed by atoms with E-state index < -0.39 is 23.6 Å². The van der Waals surface area contributed by atoms with Gasteiger partial charge in [0.15, 0.2) is 11.6 Å². The molecule has 5 nitrogen and oxygen atoms in total. The average Bonchev–Trinajstić information content (AvgIpc) is 2.21. The third-order valence-electron chi connectivity index (χ3n) is 2.18. The molecule has 0 spiro atoms. The number of aliphatic hydroxyl groups excluding tert-OH is 1. The van der Waals surface area contributed by atoms with Crippen LogP contribution in [-0.4, -0.2) is 27.9 Å². The number of nitrogens with two attached hydrogens (primary N) is 1. The van der Waals surface area contributed by atoms with Crippen molar-refractivity contribution < 1.29 is 24.5 Å². The molecule has 1 rings (SSSR count). The molecule has 0 unspecified atom stereocenters. The SMILES string of the molecule is Cl.N[C@H](CCO)c1cc(C(=O)O)cc(F)c1O. The summed E-state index contributed by atoms with van der Waals surface area (Å²) >= 11 is 0. The van der Waals surface area contributed by atoms with Gasteiger partial charge in [-0.05, 0) is 18.6 Å². The maximum Gasteiger partial charge on any atom is 0.335 e. The fraction of sp³-hybridized carbons (Fsp3) is 0.300. The molecule has 7 heteroatoms. The molecule has 96 valence electrons. The van der Waals surface area contributed by atoms with Crippen LogP contribution in [-0.2, 0) is 0 Å². The summed E-state index contributed by atoms with van der Waals surface area (Å²) in [5, 5.41) is 26.7. The van der Waals surface area contributed by atoms with Gasteiger partial charge in [0.2, 0.25) is 0 Å². The summed E-state index contributed by atoms with van der Waals surface area (Å²) in [6.45, 7) is -0.237. The Morgan fingerprint density at radius 3 is 2.53 bits per heavy atom. The monoisotopic (exact) mass is 265 g/mol. The van der Waals surface area contributed by atoms with Crippen LogP contribution in [0, 0.1) is 5.82 Å². The molecule has 1 aromatic rings. The lowest BCUT2D eigenvalue weighted by Crippen LogP contribution is -2.13. The Balaban J connectivity index is 0.00000256. The normalized spacial score (nSPS) is 11.7. The van der Waals surface area contributed by atoms with Crippen molar-refractivity contribution in [3.63, 3.8) is 0 Å². The number of halogens is 2. The van der Waals surface area contributed by atoms with Gasteiger partial charge in [0.1, 0.15) is 0 Å². The molecule has 0 heterocycles. The highest BCUT2D eigenvalue weighted by Gasteiger charge is 2.18. The van der Waals surface area contributed by atoms with Gasteiger partial charge in [0.05, 0.1) is 5.56 Å². The number of aromatic hydroxyl groups is 1. The second-order valence-corrected chi connectivity index (χ2v) is 3.32. The van der Waals surface area contributed by atoms with Crippen molar-refractivity contribution in [3.05, 3.63) is 29.1 Å². The van der Waals surface area contributed by atoms with Crippen LogP contribution < -0.4 is 5.73 Å². The predicted octanol–water partition coefficient (Wildman–Crippen LogP) is 1.03. The second kappa shape index (κ2) is 6.39. The number of rotatable bonds is 4. The number of phenolic OH excluding ortho intramolecular Hbond substituents is 1. The largest absolute Gasteiger partial charge is 0.505 e. The molecule has 17 heavy (non-hydrogen) atoms. The summed E-state index contributed by atoms with van der Waals surface area (Å²) in [7, 11) is 0. The van der Waals surface area contributed by atoms with Gasteiger partial charge in [-0.2, -0.15) is 0 Å². The molecule has 0 aromatic heterocycles. The summed E-state index contributed by atoms with van der Waals surface area (Å²) in [6.07, 6.45) is 0.107. The van der Waals surface area contributed by atoms with Crippen molar-refractivity contribution in [3.8, 4) is 5.75 Å². The van der Waals surface area contributed by atoms with Gasteiger partial charge in [-0.1, -0.05) is 0 Å². The Morgan fingerprint density at radius 1 is 1.47 bits per heavy atom. The minimum atomic E-state index is -1.31. The Bertz CT molecular complexity index is 414. The van der Waals surface area contributed by atoms with E-state index in [0.29, 0.717) is 6.07 Å². The highest BCUT2D eigenvalue weighted by Crippen LogP contribution is 2.28. The fourth-order valence-corrected chi connectivity index (χ4v) is 1.32. The standard InChI is InChI=1S/C10H12FNO4.ClH/c11-7-4-5(10(15)16)3-6(9(7)14)8(12)1-2-13;/h3-4,8,13-14H,1-2,12H2,(H,15,16);1H/t8-;/m1./s1. The van der Waals surface area contributed by atoms with Gasteiger partial charge in [0.25, 0.3) is 0 Å². The first-order valence-electron chi connectivity index (χ1n) is 4.59. The molecule has 0 aliphatic heterocycles. The number of phenols is 1. The molecule has 0 radical (unpaired) electrons. The number of hydrogen-bond acceptors (Lipinski definition) is 4. The van der Waals surface area contributed by atoms with Crippen molar-refractivity contribution in [1.29, 1.82) is 0 Å². The molecular formula is C10H13ClFNO4. The van der Waals surface area contributed by atoms with Crippen molar-refractivity contribution in [1.82, 2.24) is 0 Å². The van der Waals surface area contributed by atoms with Gasteiger partial charge in [-0.15, -0.1) is 12.4 Å². The lowest BCUT2D eigenvalue weighted by atomic mass is 10.0. The number of aliphatic hydroxyl groups is 1. The van der Waals surface area contributed by atoms with E-state index in [-0.39, 0.29) is 36.6 Å². The highest BCUT2D eigenvalue weighted by molar-refractivity contribution is 5.88. The lowest BCUT2D eigenvalue weighted by Gasteiger charge is -2.13. The summed E-state index contributed by atoms with van der Waals surface area (Å²) in [4.78, 5) is 10.7. The molecule has 0 aliphatic rings. The van der Waals surface area contributed by atoms with E-state index in [9.17, 15) is 14.3 Å². The molecule has 0 amide bonds. The molecule has 0 saturated carbocycles. The van der Waals surface area contributed by atoms with Crippen molar-refractivity contribution in [2.75, 3.05) is 6.61 Å². The van der Waals surface area contributed by atoms with E-state index in [1.807, 2.05) is 0 Å². The minimum absolute atomic E-state index is 0. The molecule has 0 fully saturated rings. The zero-order valence-corrected chi connectivity index (χ0v) is 9.58. The van der Waals surface area contributed by atoms with Crippen molar-refractivity contribution >= 4 is 18.4 Å². The minimum Gasteiger partial charge on any atom is -0.505 e. The van der Waals surface area contributed by atoms with E-state index in [1.165, 1.54) is 0 Å². The van der Waals surface area contributed by atoms with E-state index in [1.54, 1.807) is 0 Å². The number of hydrogen-bond donors (Lipinski definition) is 4. The predicted molar refractivity (Wildman–Crippen MR) is 60.9 cm³/mol. The number of carboxylic acids is 1. The van der Waals surface area contributed by atoms with E-state index in [0.717, 1.165) is 6.07 Å². The molecule has 0 bridgehead atoms.